The van der Waals surface area contributed by atoms with Crippen LogP contribution in [0.4, 0.5) is 5.69 Å². The maximum Gasteiger partial charge on any atom is 0.200 e. The molecular formula is C19H21N7O. The van der Waals surface area contributed by atoms with Crippen molar-refractivity contribution < 1.29 is 4.74 Å². The topological polar surface area (TPSA) is 73.4 Å². The summed E-state index contributed by atoms with van der Waals surface area (Å²) in [6.07, 6.45) is 3.52. The minimum Gasteiger partial charge on any atom is -0.497 e. The first-order valence-corrected chi connectivity index (χ1v) is 8.61. The van der Waals surface area contributed by atoms with Crippen LogP contribution in [0.5, 0.6) is 5.75 Å². The highest BCUT2D eigenvalue weighted by atomic mass is 16.5. The number of ether oxygens (including phenoxy) is 1. The van der Waals surface area contributed by atoms with E-state index in [1.165, 1.54) is 5.56 Å². The third kappa shape index (κ3) is 3.10. The summed E-state index contributed by atoms with van der Waals surface area (Å²) in [5.74, 6) is 0.813. The molecular weight excluding hydrogens is 342 g/mol. The number of anilines is 1. The van der Waals surface area contributed by atoms with E-state index in [0.29, 0.717) is 6.54 Å². The van der Waals surface area contributed by atoms with Gasteiger partial charge in [0.1, 0.15) is 12.1 Å². The van der Waals surface area contributed by atoms with E-state index in [2.05, 4.69) is 32.2 Å². The second-order valence-corrected chi connectivity index (χ2v) is 6.48. The molecule has 3 heterocycles. The zero-order chi connectivity index (χ0) is 19.0. The molecule has 0 atom stereocenters. The van der Waals surface area contributed by atoms with Gasteiger partial charge in [-0.3, -0.25) is 4.68 Å². The summed E-state index contributed by atoms with van der Waals surface area (Å²) in [7, 11) is 5.64. The summed E-state index contributed by atoms with van der Waals surface area (Å²) >= 11 is 0. The van der Waals surface area contributed by atoms with Crippen molar-refractivity contribution in [1.82, 2.24) is 29.6 Å². The standard InChI is InChI=1S/C19H21N7O/c1-13-15(10-21-25(13)3)11-24(2)18-9-17(23-26-12-20-22-19(18)26)14-5-7-16(27-4)8-6-14/h5-10,12H,11H2,1-4H3. The number of benzene rings is 1. The van der Waals surface area contributed by atoms with Gasteiger partial charge in [0.25, 0.3) is 0 Å². The van der Waals surface area contributed by atoms with E-state index in [-0.39, 0.29) is 0 Å². The van der Waals surface area contributed by atoms with Crippen molar-refractivity contribution in [2.45, 2.75) is 13.5 Å². The molecule has 0 saturated heterocycles. The van der Waals surface area contributed by atoms with Gasteiger partial charge in [0.15, 0.2) is 0 Å². The first kappa shape index (κ1) is 17.0. The molecule has 0 amide bonds. The summed E-state index contributed by atoms with van der Waals surface area (Å²) in [6.45, 7) is 2.78. The van der Waals surface area contributed by atoms with Crippen LogP contribution in [-0.4, -0.2) is 43.7 Å². The fourth-order valence-corrected chi connectivity index (χ4v) is 3.03. The van der Waals surface area contributed by atoms with Crippen LogP contribution in [0.2, 0.25) is 0 Å². The van der Waals surface area contributed by atoms with Crippen LogP contribution in [0.1, 0.15) is 11.3 Å². The molecule has 0 unspecified atom stereocenters. The van der Waals surface area contributed by atoms with E-state index in [9.17, 15) is 0 Å². The molecule has 0 aliphatic rings. The summed E-state index contributed by atoms with van der Waals surface area (Å²) in [4.78, 5) is 2.14. The highest BCUT2D eigenvalue weighted by Crippen LogP contribution is 2.27. The van der Waals surface area contributed by atoms with E-state index >= 15 is 0 Å². The molecule has 0 bridgehead atoms. The molecule has 0 saturated carbocycles. The van der Waals surface area contributed by atoms with Gasteiger partial charge in [0.05, 0.1) is 24.7 Å². The highest BCUT2D eigenvalue weighted by molar-refractivity contribution is 5.74. The summed E-state index contributed by atoms with van der Waals surface area (Å²) < 4.78 is 8.83. The number of nitrogens with zero attached hydrogens (tertiary/aromatic N) is 7. The van der Waals surface area contributed by atoms with Gasteiger partial charge in [0.2, 0.25) is 5.65 Å². The smallest absolute Gasteiger partial charge is 0.200 e. The summed E-state index contributed by atoms with van der Waals surface area (Å²) in [5, 5.41) is 17.2. The summed E-state index contributed by atoms with van der Waals surface area (Å²) in [6, 6.07) is 9.88. The van der Waals surface area contributed by atoms with E-state index in [4.69, 9.17) is 4.74 Å². The Hall–Kier alpha value is -3.42. The van der Waals surface area contributed by atoms with Crippen molar-refractivity contribution >= 4 is 11.3 Å². The zero-order valence-corrected chi connectivity index (χ0v) is 15.8. The van der Waals surface area contributed by atoms with Crippen molar-refractivity contribution in [2.24, 2.45) is 7.05 Å². The predicted molar refractivity (Wildman–Crippen MR) is 103 cm³/mol. The minimum absolute atomic E-state index is 0.717. The normalized spacial score (nSPS) is 11.1. The fraction of sp³-hybridized carbons (Fsp3) is 0.263. The van der Waals surface area contributed by atoms with Crippen molar-refractivity contribution in [3.63, 3.8) is 0 Å². The van der Waals surface area contributed by atoms with Gasteiger partial charge in [-0.05, 0) is 37.3 Å². The molecule has 8 nitrogen and oxygen atoms in total. The number of rotatable bonds is 5. The van der Waals surface area contributed by atoms with Gasteiger partial charge < -0.3 is 9.64 Å². The Balaban J connectivity index is 1.74. The lowest BCUT2D eigenvalue weighted by molar-refractivity contribution is 0.415. The highest BCUT2D eigenvalue weighted by Gasteiger charge is 2.15. The van der Waals surface area contributed by atoms with E-state index in [0.717, 1.165) is 34.0 Å². The second kappa shape index (κ2) is 6.71. The Labute approximate surface area is 157 Å². The third-order valence-corrected chi connectivity index (χ3v) is 4.79. The molecule has 1 aromatic carbocycles. The first-order chi connectivity index (χ1) is 13.1. The zero-order valence-electron chi connectivity index (χ0n) is 15.8. The van der Waals surface area contributed by atoms with Crippen LogP contribution < -0.4 is 9.64 Å². The van der Waals surface area contributed by atoms with Gasteiger partial charge in [-0.2, -0.15) is 14.7 Å². The number of fused-ring (bicyclic) bond motifs is 1. The van der Waals surface area contributed by atoms with E-state index in [1.54, 1.807) is 18.0 Å². The molecule has 0 aliphatic carbocycles. The van der Waals surface area contributed by atoms with E-state index < -0.39 is 0 Å². The van der Waals surface area contributed by atoms with Crippen LogP contribution in [-0.2, 0) is 13.6 Å². The molecule has 0 fully saturated rings. The van der Waals surface area contributed by atoms with Crippen LogP contribution in [0.3, 0.4) is 0 Å². The molecule has 4 aromatic rings. The number of hydrogen-bond donors (Lipinski definition) is 0. The monoisotopic (exact) mass is 363 g/mol. The molecule has 3 aromatic heterocycles. The second-order valence-electron chi connectivity index (χ2n) is 6.48. The Bertz CT molecular complexity index is 1080. The average Bonchev–Trinajstić information content (AvgIpc) is 3.29. The van der Waals surface area contributed by atoms with Crippen molar-refractivity contribution in [2.75, 3.05) is 19.1 Å². The van der Waals surface area contributed by atoms with Gasteiger partial charge >= 0.3 is 0 Å². The van der Waals surface area contributed by atoms with Crippen LogP contribution in [0.15, 0.2) is 42.9 Å². The Morgan fingerprint density at radius 3 is 2.63 bits per heavy atom. The maximum atomic E-state index is 5.24. The fourth-order valence-electron chi connectivity index (χ4n) is 3.03. The maximum absolute atomic E-state index is 5.24. The number of methoxy groups -OCH3 is 1. The molecule has 0 radical (unpaired) electrons. The van der Waals surface area contributed by atoms with E-state index in [1.807, 2.05) is 55.3 Å². The number of aromatic nitrogens is 6. The Morgan fingerprint density at radius 1 is 1.19 bits per heavy atom. The molecule has 0 aliphatic heterocycles. The molecule has 138 valence electrons. The largest absolute Gasteiger partial charge is 0.497 e. The number of hydrogen-bond acceptors (Lipinski definition) is 6. The average molecular weight is 363 g/mol. The molecule has 8 heteroatoms. The summed E-state index contributed by atoms with van der Waals surface area (Å²) in [5.41, 5.74) is 5.82. The van der Waals surface area contributed by atoms with Crippen molar-refractivity contribution in [3.8, 4) is 17.0 Å². The lowest BCUT2D eigenvalue weighted by Gasteiger charge is -2.20. The number of aryl methyl sites for hydroxylation is 1. The minimum atomic E-state index is 0.717. The quantitative estimate of drug-likeness (QED) is 0.542. The predicted octanol–water partition coefficient (Wildman–Crippen LogP) is 2.48. The Kier molecular flexibility index (Phi) is 4.23. The van der Waals surface area contributed by atoms with Crippen LogP contribution >= 0.6 is 0 Å². The SMILES string of the molecule is COc1ccc(-c2cc(N(C)Cc3cnn(C)c3C)c3nncn3n2)cc1. The van der Waals surface area contributed by atoms with Gasteiger partial charge in [-0.25, -0.2) is 0 Å². The van der Waals surface area contributed by atoms with Crippen molar-refractivity contribution in [1.29, 1.82) is 0 Å². The van der Waals surface area contributed by atoms with Crippen molar-refractivity contribution in [3.05, 3.63) is 54.1 Å². The molecule has 4 rings (SSSR count). The lowest BCUT2D eigenvalue weighted by Crippen LogP contribution is -2.18. The first-order valence-electron chi connectivity index (χ1n) is 8.61. The van der Waals surface area contributed by atoms with Gasteiger partial charge in [-0.15, -0.1) is 10.2 Å². The Morgan fingerprint density at radius 2 is 1.96 bits per heavy atom. The molecule has 27 heavy (non-hydrogen) atoms. The van der Waals surface area contributed by atoms with Gasteiger partial charge in [-0.1, -0.05) is 0 Å². The van der Waals surface area contributed by atoms with Gasteiger partial charge in [0, 0.05) is 37.5 Å². The third-order valence-electron chi connectivity index (χ3n) is 4.79. The lowest BCUT2D eigenvalue weighted by atomic mass is 10.1. The van der Waals surface area contributed by atoms with Crippen LogP contribution in [0.25, 0.3) is 16.9 Å². The molecule has 0 N–H and O–H groups in total. The molecule has 0 spiro atoms. The van der Waals surface area contributed by atoms with Crippen LogP contribution in [0, 0.1) is 6.92 Å².